The number of amides is 2. The normalized spacial score (nSPS) is 19.1. The van der Waals surface area contributed by atoms with Crippen LogP contribution in [0.5, 0.6) is 0 Å². The first kappa shape index (κ1) is 23.0. The van der Waals surface area contributed by atoms with E-state index < -0.39 is 18.1 Å². The van der Waals surface area contributed by atoms with Crippen LogP contribution in [0.4, 0.5) is 0 Å². The summed E-state index contributed by atoms with van der Waals surface area (Å²) in [5.74, 6) is -0.564. The zero-order valence-electron chi connectivity index (χ0n) is 20.7. The molecule has 0 spiro atoms. The Balaban J connectivity index is 1.42. The van der Waals surface area contributed by atoms with E-state index in [0.29, 0.717) is 18.5 Å². The monoisotopic (exact) mass is 493 g/mol. The molecule has 37 heavy (non-hydrogen) atoms. The summed E-state index contributed by atoms with van der Waals surface area (Å²) in [6, 6.07) is 22.1. The van der Waals surface area contributed by atoms with Gasteiger partial charge < -0.3 is 19.5 Å². The maximum Gasteiger partial charge on any atom is 0.337 e. The van der Waals surface area contributed by atoms with Gasteiger partial charge in [0.2, 0.25) is 11.8 Å². The van der Waals surface area contributed by atoms with E-state index in [0.717, 1.165) is 38.9 Å². The highest BCUT2D eigenvalue weighted by Crippen LogP contribution is 2.42. The lowest BCUT2D eigenvalue weighted by Crippen LogP contribution is -2.62. The second-order valence-electron chi connectivity index (χ2n) is 9.78. The second kappa shape index (κ2) is 8.92. The molecule has 1 N–H and O–H groups in total. The van der Waals surface area contributed by atoms with Gasteiger partial charge in [0, 0.05) is 29.6 Å². The van der Waals surface area contributed by atoms with E-state index >= 15 is 0 Å². The molecule has 1 aromatic heterocycles. The Morgan fingerprint density at radius 3 is 2.46 bits per heavy atom. The molecule has 186 valence electrons. The highest BCUT2D eigenvalue weighted by molar-refractivity contribution is 5.97. The first-order chi connectivity index (χ1) is 17.9. The maximum absolute atomic E-state index is 13.9. The van der Waals surface area contributed by atoms with Crippen molar-refractivity contribution in [1.29, 1.82) is 0 Å². The number of ether oxygens (including phenoxy) is 1. The van der Waals surface area contributed by atoms with Crippen molar-refractivity contribution in [3.05, 3.63) is 106 Å². The lowest BCUT2D eigenvalue weighted by atomic mass is 9.86. The summed E-state index contributed by atoms with van der Waals surface area (Å²) in [5, 5.41) is 1.06. The minimum atomic E-state index is -0.608. The van der Waals surface area contributed by atoms with Gasteiger partial charge in [-0.3, -0.25) is 9.59 Å². The highest BCUT2D eigenvalue weighted by atomic mass is 16.5. The summed E-state index contributed by atoms with van der Waals surface area (Å²) in [6.45, 7) is 2.44. The lowest BCUT2D eigenvalue weighted by molar-refractivity contribution is -0.159. The number of esters is 1. The number of rotatable bonds is 4. The lowest BCUT2D eigenvalue weighted by Gasteiger charge is -2.47. The number of piperazine rings is 1. The summed E-state index contributed by atoms with van der Waals surface area (Å²) in [5.41, 5.74) is 6.35. The van der Waals surface area contributed by atoms with Gasteiger partial charge in [0.1, 0.15) is 12.6 Å². The molecule has 2 amide bonds. The van der Waals surface area contributed by atoms with Crippen LogP contribution >= 0.6 is 0 Å². The fourth-order valence-corrected chi connectivity index (χ4v) is 5.64. The molecule has 3 aromatic carbocycles. The maximum atomic E-state index is 13.9. The van der Waals surface area contributed by atoms with E-state index in [1.807, 2.05) is 61.5 Å². The smallest absolute Gasteiger partial charge is 0.337 e. The number of hydrogen-bond acceptors (Lipinski definition) is 4. The standard InChI is InChI=1S/C30H27N3O4/c1-18-7-9-19(10-8-18)16-32-17-26(34)33-25(29(32)35)15-23-22-5-3-4-6-24(22)31-27(23)28(33)20-11-13-21(14-12-20)30(36)37-2/h3-14,25,28,31H,15-17H2,1-2H3/t25-,28-/m0/s1. The summed E-state index contributed by atoms with van der Waals surface area (Å²) >= 11 is 0. The number of carbonyl (C=O) groups excluding carboxylic acids is 3. The predicted molar refractivity (Wildman–Crippen MR) is 139 cm³/mol. The molecule has 3 heterocycles. The molecule has 0 bridgehead atoms. The molecule has 0 radical (unpaired) electrons. The Hall–Kier alpha value is -4.39. The molecule has 6 rings (SSSR count). The molecule has 2 atom stereocenters. The molecular formula is C30H27N3O4. The Morgan fingerprint density at radius 2 is 1.73 bits per heavy atom. The number of carbonyl (C=O) groups is 3. The van der Waals surface area contributed by atoms with Gasteiger partial charge in [0.15, 0.2) is 0 Å². The van der Waals surface area contributed by atoms with Gasteiger partial charge in [-0.15, -0.1) is 0 Å². The van der Waals surface area contributed by atoms with Crippen LogP contribution in [0.25, 0.3) is 10.9 Å². The number of fused-ring (bicyclic) bond motifs is 4. The molecule has 4 aromatic rings. The first-order valence-electron chi connectivity index (χ1n) is 12.4. The van der Waals surface area contributed by atoms with Crippen molar-refractivity contribution < 1.29 is 19.1 Å². The van der Waals surface area contributed by atoms with E-state index in [9.17, 15) is 14.4 Å². The Bertz CT molecular complexity index is 1520. The number of benzene rings is 3. The first-order valence-corrected chi connectivity index (χ1v) is 12.4. The molecule has 2 aliphatic rings. The third-order valence-electron chi connectivity index (χ3n) is 7.48. The van der Waals surface area contributed by atoms with Crippen LogP contribution in [0, 0.1) is 6.92 Å². The van der Waals surface area contributed by atoms with E-state index in [1.54, 1.807) is 21.9 Å². The minimum absolute atomic E-state index is 0.0233. The zero-order valence-corrected chi connectivity index (χ0v) is 20.7. The summed E-state index contributed by atoms with van der Waals surface area (Å²) in [7, 11) is 1.35. The van der Waals surface area contributed by atoms with E-state index in [1.165, 1.54) is 7.11 Å². The fraction of sp³-hybridized carbons (Fsp3) is 0.233. The summed E-state index contributed by atoms with van der Waals surface area (Å²) in [4.78, 5) is 46.5. The Kier molecular flexibility index (Phi) is 5.56. The van der Waals surface area contributed by atoms with E-state index in [-0.39, 0.29) is 18.4 Å². The summed E-state index contributed by atoms with van der Waals surface area (Å²) < 4.78 is 4.84. The number of aromatic amines is 1. The molecular weight excluding hydrogens is 466 g/mol. The van der Waals surface area contributed by atoms with Gasteiger partial charge in [-0.1, -0.05) is 60.2 Å². The van der Waals surface area contributed by atoms with E-state index in [2.05, 4.69) is 11.1 Å². The van der Waals surface area contributed by atoms with Crippen molar-refractivity contribution in [3.8, 4) is 0 Å². The molecule has 7 nitrogen and oxygen atoms in total. The Labute approximate surface area is 214 Å². The summed E-state index contributed by atoms with van der Waals surface area (Å²) in [6.07, 6.45) is 0.449. The molecule has 1 saturated heterocycles. The number of hydrogen-bond donors (Lipinski definition) is 1. The number of para-hydroxylation sites is 1. The van der Waals surface area contributed by atoms with Gasteiger partial charge in [-0.05, 0) is 41.8 Å². The van der Waals surface area contributed by atoms with Gasteiger partial charge in [0.05, 0.1) is 18.7 Å². The molecule has 0 unspecified atom stereocenters. The average Bonchev–Trinajstić information content (AvgIpc) is 3.29. The number of aryl methyl sites for hydroxylation is 1. The van der Waals surface area contributed by atoms with E-state index in [4.69, 9.17) is 4.74 Å². The number of H-pyrrole nitrogens is 1. The van der Waals surface area contributed by atoms with Gasteiger partial charge in [-0.25, -0.2) is 4.79 Å². The van der Waals surface area contributed by atoms with Crippen molar-refractivity contribution in [1.82, 2.24) is 14.8 Å². The second-order valence-corrected chi connectivity index (χ2v) is 9.78. The van der Waals surface area contributed by atoms with Crippen LogP contribution in [-0.2, 0) is 27.3 Å². The molecule has 0 aliphatic carbocycles. The molecule has 0 saturated carbocycles. The van der Waals surface area contributed by atoms with Crippen LogP contribution < -0.4 is 0 Å². The Morgan fingerprint density at radius 1 is 1.00 bits per heavy atom. The number of nitrogens with zero attached hydrogens (tertiary/aromatic N) is 2. The average molecular weight is 494 g/mol. The van der Waals surface area contributed by atoms with Crippen molar-refractivity contribution in [2.75, 3.05) is 13.7 Å². The number of nitrogens with one attached hydrogen (secondary N) is 1. The third-order valence-corrected chi connectivity index (χ3v) is 7.48. The van der Waals surface area contributed by atoms with Gasteiger partial charge in [-0.2, -0.15) is 0 Å². The SMILES string of the molecule is COC(=O)c1ccc([C@H]2c3[nH]c4ccccc4c3C[C@H]3C(=O)N(Cc4ccc(C)cc4)CC(=O)N23)cc1. The van der Waals surface area contributed by atoms with Crippen molar-refractivity contribution in [2.24, 2.45) is 0 Å². The highest BCUT2D eigenvalue weighted by Gasteiger charge is 2.48. The number of aromatic nitrogens is 1. The van der Waals surface area contributed by atoms with Crippen LogP contribution in [0.3, 0.4) is 0 Å². The fourth-order valence-electron chi connectivity index (χ4n) is 5.64. The van der Waals surface area contributed by atoms with Crippen molar-refractivity contribution in [3.63, 3.8) is 0 Å². The minimum Gasteiger partial charge on any atom is -0.465 e. The quantitative estimate of drug-likeness (QED) is 0.433. The van der Waals surface area contributed by atoms with Crippen LogP contribution in [0.15, 0.2) is 72.8 Å². The number of methoxy groups -OCH3 is 1. The van der Waals surface area contributed by atoms with Crippen LogP contribution in [0.1, 0.15) is 44.3 Å². The topological polar surface area (TPSA) is 82.7 Å². The molecule has 2 aliphatic heterocycles. The van der Waals surface area contributed by atoms with Crippen LogP contribution in [0.2, 0.25) is 0 Å². The molecule has 1 fully saturated rings. The van der Waals surface area contributed by atoms with Crippen LogP contribution in [-0.4, -0.2) is 52.3 Å². The van der Waals surface area contributed by atoms with Gasteiger partial charge in [0.25, 0.3) is 0 Å². The van der Waals surface area contributed by atoms with Crippen molar-refractivity contribution >= 4 is 28.7 Å². The predicted octanol–water partition coefficient (Wildman–Crippen LogP) is 4.15. The zero-order chi connectivity index (χ0) is 25.7. The van der Waals surface area contributed by atoms with Crippen molar-refractivity contribution in [2.45, 2.75) is 32.0 Å². The third kappa shape index (κ3) is 3.87. The van der Waals surface area contributed by atoms with Gasteiger partial charge >= 0.3 is 5.97 Å². The largest absolute Gasteiger partial charge is 0.465 e. The molecule has 7 heteroatoms.